The topological polar surface area (TPSA) is 37.6 Å². The number of likely N-dealkylation sites (tertiary alicyclic amines) is 1. The predicted octanol–water partition coefficient (Wildman–Crippen LogP) is 2.39. The van der Waals surface area contributed by atoms with E-state index in [1.807, 2.05) is 6.26 Å². The second-order valence-corrected chi connectivity index (χ2v) is 6.55. The lowest BCUT2D eigenvalue weighted by Gasteiger charge is -2.31. The zero-order chi connectivity index (χ0) is 13.9. The Morgan fingerprint density at radius 3 is 2.75 bits per heavy atom. The molecule has 112 valence electrons. The second-order valence-electron chi connectivity index (χ2n) is 6.55. The van der Waals surface area contributed by atoms with Crippen LogP contribution in [0.3, 0.4) is 0 Å². The molecule has 2 bridgehead atoms. The molecule has 1 aromatic rings. The predicted molar refractivity (Wildman–Crippen MR) is 78.4 cm³/mol. The van der Waals surface area contributed by atoms with E-state index in [4.69, 9.17) is 9.15 Å². The number of hydrogen-bond acceptors (Lipinski definition) is 4. The van der Waals surface area contributed by atoms with Crippen LogP contribution in [0.5, 0.6) is 0 Å². The van der Waals surface area contributed by atoms with E-state index in [1.165, 1.54) is 18.4 Å². The number of nitrogens with one attached hydrogen (secondary N) is 1. The van der Waals surface area contributed by atoms with Crippen LogP contribution in [0.25, 0.3) is 0 Å². The van der Waals surface area contributed by atoms with Crippen molar-refractivity contribution in [3.8, 4) is 0 Å². The maximum Gasteiger partial charge on any atom is 0.122 e. The van der Waals surface area contributed by atoms with Gasteiger partial charge in [-0.1, -0.05) is 13.8 Å². The molecule has 0 aromatic carbocycles. The van der Waals surface area contributed by atoms with E-state index in [0.717, 1.165) is 38.5 Å². The Morgan fingerprint density at radius 1 is 1.30 bits per heavy atom. The second kappa shape index (κ2) is 6.29. The van der Waals surface area contributed by atoms with Gasteiger partial charge in [-0.2, -0.15) is 0 Å². The van der Waals surface area contributed by atoms with Crippen LogP contribution >= 0.6 is 0 Å². The van der Waals surface area contributed by atoms with Gasteiger partial charge in [0.2, 0.25) is 0 Å². The first-order valence-electron chi connectivity index (χ1n) is 7.84. The van der Waals surface area contributed by atoms with Gasteiger partial charge in [0.15, 0.2) is 0 Å². The van der Waals surface area contributed by atoms with Gasteiger partial charge < -0.3 is 14.5 Å². The zero-order valence-corrected chi connectivity index (χ0v) is 12.6. The molecule has 3 rings (SSSR count). The summed E-state index contributed by atoms with van der Waals surface area (Å²) in [4.78, 5) is 2.48. The maximum absolute atomic E-state index is 5.88. The Morgan fingerprint density at radius 2 is 2.05 bits per heavy atom. The molecule has 2 unspecified atom stereocenters. The van der Waals surface area contributed by atoms with Crippen LogP contribution in [0.2, 0.25) is 0 Å². The van der Waals surface area contributed by atoms with Crippen molar-refractivity contribution >= 4 is 0 Å². The molecule has 20 heavy (non-hydrogen) atoms. The summed E-state index contributed by atoms with van der Waals surface area (Å²) >= 11 is 0. The quantitative estimate of drug-likeness (QED) is 0.867. The first-order chi connectivity index (χ1) is 9.70. The van der Waals surface area contributed by atoms with Crippen LogP contribution in [0.1, 0.15) is 38.0 Å². The molecular formula is C16H26N2O2. The average Bonchev–Trinajstić information content (AvgIpc) is 2.96. The fraction of sp³-hybridized carbons (Fsp3) is 0.750. The minimum absolute atomic E-state index is 0.450. The van der Waals surface area contributed by atoms with E-state index >= 15 is 0 Å². The molecule has 2 atom stereocenters. The highest BCUT2D eigenvalue weighted by Crippen LogP contribution is 2.27. The molecule has 4 nitrogen and oxygen atoms in total. The van der Waals surface area contributed by atoms with Gasteiger partial charge in [0.25, 0.3) is 0 Å². The molecule has 0 spiro atoms. The van der Waals surface area contributed by atoms with Crippen molar-refractivity contribution in [2.75, 3.05) is 19.6 Å². The molecule has 2 saturated heterocycles. The lowest BCUT2D eigenvalue weighted by Crippen LogP contribution is -2.42. The molecular weight excluding hydrogens is 252 g/mol. The largest absolute Gasteiger partial charge is 0.468 e. The fourth-order valence-electron chi connectivity index (χ4n) is 3.19. The maximum atomic E-state index is 5.88. The third-order valence-corrected chi connectivity index (χ3v) is 4.19. The number of nitrogens with zero attached hydrogens (tertiary/aromatic N) is 1. The lowest BCUT2D eigenvalue weighted by atomic mass is 10.2. The van der Waals surface area contributed by atoms with Crippen LogP contribution in [0, 0.1) is 5.92 Å². The monoisotopic (exact) mass is 278 g/mol. The Kier molecular flexibility index (Phi) is 4.44. The Labute approximate surface area is 121 Å². The van der Waals surface area contributed by atoms with Crippen LogP contribution in [0.15, 0.2) is 16.7 Å². The molecule has 1 N–H and O–H groups in total. The third kappa shape index (κ3) is 3.43. The third-order valence-electron chi connectivity index (χ3n) is 4.19. The van der Waals surface area contributed by atoms with E-state index in [1.54, 1.807) is 0 Å². The normalized spacial score (nSPS) is 26.6. The minimum atomic E-state index is 0.450. The van der Waals surface area contributed by atoms with Gasteiger partial charge in [-0.25, -0.2) is 0 Å². The standard InChI is InChI=1S/C16H26N2O2/c1-12(2)7-17-8-13-5-6-19-16(13)11-18-9-14-3-4-15(10-18)20-14/h5-6,12,14-15,17H,3-4,7-11H2,1-2H3. The molecule has 2 aliphatic heterocycles. The van der Waals surface area contributed by atoms with Gasteiger partial charge >= 0.3 is 0 Å². The number of rotatable bonds is 6. The van der Waals surface area contributed by atoms with E-state index < -0.39 is 0 Å². The van der Waals surface area contributed by atoms with Gasteiger partial charge in [0.1, 0.15) is 5.76 Å². The van der Waals surface area contributed by atoms with Gasteiger partial charge in [0.05, 0.1) is 25.0 Å². The van der Waals surface area contributed by atoms with Crippen molar-refractivity contribution in [3.05, 3.63) is 23.7 Å². The molecule has 4 heteroatoms. The SMILES string of the molecule is CC(C)CNCc1ccoc1CN1CC2CCC(C1)O2. The summed E-state index contributed by atoms with van der Waals surface area (Å²) < 4.78 is 11.6. The Balaban J connectivity index is 1.53. The summed E-state index contributed by atoms with van der Waals surface area (Å²) in [5.41, 5.74) is 1.30. The van der Waals surface area contributed by atoms with Gasteiger partial charge in [0, 0.05) is 25.2 Å². The minimum Gasteiger partial charge on any atom is -0.468 e. The Bertz CT molecular complexity index is 418. The van der Waals surface area contributed by atoms with E-state index in [9.17, 15) is 0 Å². The summed E-state index contributed by atoms with van der Waals surface area (Å²) in [6.07, 6.45) is 5.17. The molecule has 3 heterocycles. The molecule has 0 aliphatic carbocycles. The first kappa shape index (κ1) is 14.1. The Hall–Kier alpha value is -0.840. The summed E-state index contributed by atoms with van der Waals surface area (Å²) in [6.45, 7) is 9.43. The molecule has 2 aliphatic rings. The van der Waals surface area contributed by atoms with Crippen LogP contribution in [-0.2, 0) is 17.8 Å². The summed E-state index contributed by atoms with van der Waals surface area (Å²) in [6, 6.07) is 2.09. The number of furan rings is 1. The van der Waals surface area contributed by atoms with Crippen LogP contribution in [0.4, 0.5) is 0 Å². The smallest absolute Gasteiger partial charge is 0.122 e. The van der Waals surface area contributed by atoms with Crippen molar-refractivity contribution in [3.63, 3.8) is 0 Å². The fourth-order valence-corrected chi connectivity index (χ4v) is 3.19. The highest BCUT2D eigenvalue weighted by Gasteiger charge is 2.34. The van der Waals surface area contributed by atoms with Crippen LogP contribution < -0.4 is 5.32 Å². The zero-order valence-electron chi connectivity index (χ0n) is 12.6. The summed E-state index contributed by atoms with van der Waals surface area (Å²) in [5.74, 6) is 1.79. The molecule has 0 amide bonds. The number of morpholine rings is 1. The number of hydrogen-bond donors (Lipinski definition) is 1. The number of fused-ring (bicyclic) bond motifs is 2. The highest BCUT2D eigenvalue weighted by atomic mass is 16.5. The van der Waals surface area contributed by atoms with Crippen molar-refractivity contribution in [1.82, 2.24) is 10.2 Å². The molecule has 0 radical (unpaired) electrons. The van der Waals surface area contributed by atoms with Gasteiger partial charge in [-0.15, -0.1) is 0 Å². The van der Waals surface area contributed by atoms with Gasteiger partial charge in [-0.05, 0) is 31.4 Å². The van der Waals surface area contributed by atoms with E-state index in [0.29, 0.717) is 18.1 Å². The van der Waals surface area contributed by atoms with E-state index in [-0.39, 0.29) is 0 Å². The molecule has 0 saturated carbocycles. The van der Waals surface area contributed by atoms with Crippen LogP contribution in [-0.4, -0.2) is 36.7 Å². The summed E-state index contributed by atoms with van der Waals surface area (Å²) in [5, 5.41) is 3.49. The highest BCUT2D eigenvalue weighted by molar-refractivity contribution is 5.17. The first-order valence-corrected chi connectivity index (χ1v) is 7.84. The molecule has 2 fully saturated rings. The summed E-state index contributed by atoms with van der Waals surface area (Å²) in [7, 11) is 0. The number of ether oxygens (including phenoxy) is 1. The van der Waals surface area contributed by atoms with Crippen molar-refractivity contribution in [1.29, 1.82) is 0 Å². The van der Waals surface area contributed by atoms with Crippen molar-refractivity contribution < 1.29 is 9.15 Å². The van der Waals surface area contributed by atoms with E-state index in [2.05, 4.69) is 30.1 Å². The lowest BCUT2D eigenvalue weighted by molar-refractivity contribution is -0.0428. The average molecular weight is 278 g/mol. The molecule has 1 aromatic heterocycles. The van der Waals surface area contributed by atoms with Crippen molar-refractivity contribution in [2.24, 2.45) is 5.92 Å². The van der Waals surface area contributed by atoms with Gasteiger partial charge in [-0.3, -0.25) is 4.90 Å². The van der Waals surface area contributed by atoms with Crippen molar-refractivity contribution in [2.45, 2.75) is 52.0 Å².